The minimum absolute atomic E-state index is 0.144. The van der Waals surface area contributed by atoms with Crippen LogP contribution in [0.2, 0.25) is 0 Å². The lowest BCUT2D eigenvalue weighted by molar-refractivity contribution is -0.173. The SMILES string of the molecule is CC.CCOC(=O)C(C)(C)OC1C(C)=CC(CN(C)Cc2nn(-c3cccc(C)c3)nc2C)=CC1C.Cc1nnc(C)o1. The number of ether oxygens (including phenoxy) is 2. The Morgan fingerprint density at radius 1 is 1.05 bits per heavy atom. The Morgan fingerprint density at radius 3 is 2.23 bits per heavy atom. The Hall–Kier alpha value is -3.63. The molecule has 0 radical (unpaired) electrons. The van der Waals surface area contributed by atoms with Gasteiger partial charge in [-0.2, -0.15) is 15.0 Å². The molecule has 0 bridgehead atoms. The molecule has 1 aromatic carbocycles. The smallest absolute Gasteiger partial charge is 0.337 e. The first-order chi connectivity index (χ1) is 20.3. The van der Waals surface area contributed by atoms with Crippen LogP contribution in [-0.4, -0.2) is 68.0 Å². The van der Waals surface area contributed by atoms with E-state index in [0.717, 1.165) is 29.2 Å². The van der Waals surface area contributed by atoms with Crippen molar-refractivity contribution in [1.82, 2.24) is 30.1 Å². The second-order valence-corrected chi connectivity index (χ2v) is 11.1. The molecule has 1 aliphatic carbocycles. The van der Waals surface area contributed by atoms with Gasteiger partial charge < -0.3 is 13.9 Å². The zero-order valence-corrected chi connectivity index (χ0v) is 28.1. The number of carbonyl (C=O) groups excluding carboxylic acids is 1. The van der Waals surface area contributed by atoms with Crippen molar-refractivity contribution < 1.29 is 18.7 Å². The van der Waals surface area contributed by atoms with Crippen molar-refractivity contribution >= 4 is 5.97 Å². The molecule has 2 unspecified atom stereocenters. The highest BCUT2D eigenvalue weighted by Crippen LogP contribution is 2.30. The molecule has 2 aromatic heterocycles. The van der Waals surface area contributed by atoms with Gasteiger partial charge in [-0.05, 0) is 77.4 Å². The molecule has 0 N–H and O–H groups in total. The third-order valence-corrected chi connectivity index (χ3v) is 6.61. The van der Waals surface area contributed by atoms with E-state index in [1.807, 2.05) is 32.9 Å². The van der Waals surface area contributed by atoms with Crippen LogP contribution in [0.15, 0.2) is 52.0 Å². The van der Waals surface area contributed by atoms with Gasteiger partial charge in [-0.1, -0.05) is 45.1 Å². The van der Waals surface area contributed by atoms with Crippen LogP contribution in [0.3, 0.4) is 0 Å². The summed E-state index contributed by atoms with van der Waals surface area (Å²) < 4.78 is 16.3. The van der Waals surface area contributed by atoms with Crippen molar-refractivity contribution in [1.29, 1.82) is 0 Å². The lowest BCUT2D eigenvalue weighted by atomic mass is 9.88. The van der Waals surface area contributed by atoms with Crippen LogP contribution in [0.25, 0.3) is 5.69 Å². The summed E-state index contributed by atoms with van der Waals surface area (Å²) in [5.41, 5.74) is 5.39. The van der Waals surface area contributed by atoms with Crippen molar-refractivity contribution in [2.45, 2.75) is 94.4 Å². The summed E-state index contributed by atoms with van der Waals surface area (Å²) in [6.45, 7) is 23.0. The van der Waals surface area contributed by atoms with E-state index in [2.05, 4.69) is 72.3 Å². The maximum Gasteiger partial charge on any atom is 0.337 e. The lowest BCUT2D eigenvalue weighted by Gasteiger charge is -2.34. The summed E-state index contributed by atoms with van der Waals surface area (Å²) in [6, 6.07) is 8.18. The van der Waals surface area contributed by atoms with Gasteiger partial charge in [-0.25, -0.2) is 4.79 Å². The first kappa shape index (κ1) is 35.6. The zero-order valence-electron chi connectivity index (χ0n) is 28.1. The molecule has 1 aliphatic rings. The molecule has 2 heterocycles. The fraction of sp³-hybridized carbons (Fsp3) is 0.545. The van der Waals surface area contributed by atoms with Gasteiger partial charge in [0.1, 0.15) is 5.69 Å². The van der Waals surface area contributed by atoms with Gasteiger partial charge in [0.15, 0.2) is 5.60 Å². The fourth-order valence-electron chi connectivity index (χ4n) is 4.67. The summed E-state index contributed by atoms with van der Waals surface area (Å²) in [5.74, 6) is 1.06. The Labute approximate surface area is 257 Å². The molecule has 3 aromatic rings. The van der Waals surface area contributed by atoms with Crippen LogP contribution in [-0.2, 0) is 20.8 Å². The van der Waals surface area contributed by atoms with E-state index in [9.17, 15) is 4.79 Å². The van der Waals surface area contributed by atoms with Crippen molar-refractivity contribution in [3.05, 3.63) is 76.3 Å². The van der Waals surface area contributed by atoms with Gasteiger partial charge in [-0.3, -0.25) is 4.90 Å². The first-order valence-electron chi connectivity index (χ1n) is 15.0. The predicted octanol–water partition coefficient (Wildman–Crippen LogP) is 6.28. The first-order valence-corrected chi connectivity index (χ1v) is 15.0. The second-order valence-electron chi connectivity index (χ2n) is 11.1. The number of aryl methyl sites for hydroxylation is 4. The van der Waals surface area contributed by atoms with Crippen molar-refractivity contribution in [2.24, 2.45) is 5.92 Å². The summed E-state index contributed by atoms with van der Waals surface area (Å²) in [7, 11) is 2.09. The van der Waals surface area contributed by atoms with E-state index >= 15 is 0 Å². The molecule has 0 fully saturated rings. The third kappa shape index (κ3) is 10.5. The molecule has 2 atom stereocenters. The van der Waals surface area contributed by atoms with Gasteiger partial charge in [0, 0.05) is 32.9 Å². The Balaban J connectivity index is 0.000000619. The van der Waals surface area contributed by atoms with Crippen LogP contribution >= 0.6 is 0 Å². The lowest BCUT2D eigenvalue weighted by Crippen LogP contribution is -2.43. The summed E-state index contributed by atoms with van der Waals surface area (Å²) in [6.07, 6.45) is 4.23. The van der Waals surface area contributed by atoms with Gasteiger partial charge in [0.25, 0.3) is 0 Å². The summed E-state index contributed by atoms with van der Waals surface area (Å²) in [4.78, 5) is 16.2. The Kier molecular flexibility index (Phi) is 13.5. The van der Waals surface area contributed by atoms with Crippen LogP contribution in [0.4, 0.5) is 0 Å². The molecule has 10 heteroatoms. The van der Waals surface area contributed by atoms with Gasteiger partial charge in [0.2, 0.25) is 11.8 Å². The van der Waals surface area contributed by atoms with E-state index in [-0.39, 0.29) is 18.0 Å². The number of hydrogen-bond donors (Lipinski definition) is 0. The molecule has 0 amide bonds. The van der Waals surface area contributed by atoms with E-state index in [1.54, 1.807) is 39.4 Å². The molecular weight excluding hydrogens is 544 g/mol. The predicted molar refractivity (Wildman–Crippen MR) is 169 cm³/mol. The van der Waals surface area contributed by atoms with Crippen molar-refractivity contribution in [2.75, 3.05) is 20.2 Å². The zero-order chi connectivity index (χ0) is 32.3. The monoisotopic (exact) mass is 594 g/mol. The molecule has 43 heavy (non-hydrogen) atoms. The van der Waals surface area contributed by atoms with Gasteiger partial charge in [0.05, 0.1) is 24.1 Å². The average Bonchev–Trinajstić information content (AvgIpc) is 3.51. The topological polar surface area (TPSA) is 108 Å². The van der Waals surface area contributed by atoms with E-state index in [1.165, 1.54) is 11.1 Å². The maximum atomic E-state index is 12.3. The highest BCUT2D eigenvalue weighted by Gasteiger charge is 2.36. The number of carbonyl (C=O) groups is 1. The normalized spacial score (nSPS) is 16.4. The quantitative estimate of drug-likeness (QED) is 0.265. The minimum Gasteiger partial charge on any atom is -0.464 e. The second kappa shape index (κ2) is 16.3. The number of rotatable bonds is 9. The Morgan fingerprint density at radius 2 is 1.70 bits per heavy atom. The van der Waals surface area contributed by atoms with Crippen molar-refractivity contribution in [3.8, 4) is 5.69 Å². The Bertz CT molecular complexity index is 1370. The highest BCUT2D eigenvalue weighted by atomic mass is 16.6. The maximum absolute atomic E-state index is 12.3. The van der Waals surface area contributed by atoms with Gasteiger partial charge in [-0.15, -0.1) is 10.2 Å². The summed E-state index contributed by atoms with van der Waals surface area (Å²) in [5, 5.41) is 16.5. The highest BCUT2D eigenvalue weighted by molar-refractivity contribution is 5.78. The standard InChI is InChI=1S/C27H38N4O3.C4H6N2O.C2H6/c1-9-33-26(32)27(6,7)34-25-19(3)14-22(15-20(25)4)16-30(8)17-24-21(5)28-31(29-24)23-12-10-11-18(2)13-23;1-3-5-6-4(2)7-3;1-2/h10-15,19,25H,9,16-17H2,1-8H3;1-2H3;1-2H3. The summed E-state index contributed by atoms with van der Waals surface area (Å²) >= 11 is 0. The van der Waals surface area contributed by atoms with Crippen LogP contribution < -0.4 is 0 Å². The molecular formula is C33H50N6O4. The fourth-order valence-corrected chi connectivity index (χ4v) is 4.67. The minimum atomic E-state index is -0.993. The number of hydrogen-bond acceptors (Lipinski definition) is 9. The van der Waals surface area contributed by atoms with E-state index < -0.39 is 5.60 Å². The molecule has 0 spiro atoms. The number of likely N-dealkylation sites (N-methyl/N-ethyl adjacent to an activating group) is 1. The number of aromatic nitrogens is 5. The van der Waals surface area contributed by atoms with Gasteiger partial charge >= 0.3 is 5.97 Å². The molecule has 10 nitrogen and oxygen atoms in total. The molecule has 236 valence electrons. The van der Waals surface area contributed by atoms with Crippen molar-refractivity contribution in [3.63, 3.8) is 0 Å². The molecule has 0 saturated carbocycles. The van der Waals surface area contributed by atoms with Crippen LogP contribution in [0.5, 0.6) is 0 Å². The number of nitrogens with zero attached hydrogens (tertiary/aromatic N) is 6. The molecule has 0 aliphatic heterocycles. The third-order valence-electron chi connectivity index (χ3n) is 6.61. The molecule has 0 saturated heterocycles. The van der Waals surface area contributed by atoms with Crippen LogP contribution in [0.1, 0.15) is 77.2 Å². The number of benzene rings is 1. The average molecular weight is 595 g/mol. The van der Waals surface area contributed by atoms with Crippen LogP contribution in [0, 0.1) is 33.6 Å². The number of esters is 1. The van der Waals surface area contributed by atoms with E-state index in [0.29, 0.717) is 24.9 Å². The molecule has 4 rings (SSSR count). The largest absolute Gasteiger partial charge is 0.464 e. The van der Waals surface area contributed by atoms with E-state index in [4.69, 9.17) is 19.0 Å².